The van der Waals surface area contributed by atoms with E-state index >= 15 is 0 Å². The van der Waals surface area contributed by atoms with Crippen molar-refractivity contribution in [2.75, 3.05) is 0 Å². The summed E-state index contributed by atoms with van der Waals surface area (Å²) in [5.74, 6) is -1.01. The molecule has 0 radical (unpaired) electrons. The van der Waals surface area contributed by atoms with Crippen molar-refractivity contribution in [3.8, 4) is 0 Å². The molecule has 0 N–H and O–H groups in total. The minimum Gasteiger partial charge on any atom is -0.460 e. The van der Waals surface area contributed by atoms with Crippen molar-refractivity contribution in [3.05, 3.63) is 117 Å². The number of esters is 1. The van der Waals surface area contributed by atoms with E-state index in [-0.39, 0.29) is 19.0 Å². The van der Waals surface area contributed by atoms with Crippen LogP contribution in [0.3, 0.4) is 0 Å². The summed E-state index contributed by atoms with van der Waals surface area (Å²) in [5, 5.41) is 9.43. The van der Waals surface area contributed by atoms with Crippen LogP contribution in [0, 0.1) is 10.1 Å². The first kappa shape index (κ1) is 21.7. The maximum atomic E-state index is 13.3. The predicted octanol–water partition coefficient (Wildman–Crippen LogP) is 4.28. The largest absolute Gasteiger partial charge is 0.460 e. The van der Waals surface area contributed by atoms with Crippen LogP contribution >= 0.6 is 0 Å². The van der Waals surface area contributed by atoms with Crippen LogP contribution in [-0.4, -0.2) is 16.8 Å². The van der Waals surface area contributed by atoms with Gasteiger partial charge in [-0.1, -0.05) is 84.9 Å². The molecule has 0 unspecified atom stereocenters. The van der Waals surface area contributed by atoms with Gasteiger partial charge in [0.2, 0.25) is 0 Å². The Hall–Kier alpha value is -4.00. The quantitative estimate of drug-likeness (QED) is 0.169. The summed E-state index contributed by atoms with van der Waals surface area (Å²) in [6.07, 6.45) is 0. The number of hydrogen-bond acceptors (Lipinski definition) is 6. The van der Waals surface area contributed by atoms with E-state index < -0.39 is 16.5 Å². The van der Waals surface area contributed by atoms with Gasteiger partial charge in [0, 0.05) is 5.56 Å². The third-order valence-corrected chi connectivity index (χ3v) is 4.98. The van der Waals surface area contributed by atoms with E-state index in [1.54, 1.807) is 85.8 Å². The van der Waals surface area contributed by atoms with Gasteiger partial charge in [0.15, 0.2) is 11.2 Å². The van der Waals surface area contributed by atoms with Gasteiger partial charge < -0.3 is 9.57 Å². The van der Waals surface area contributed by atoms with Crippen molar-refractivity contribution < 1.29 is 24.3 Å². The molecule has 0 amide bonds. The molecule has 7 heteroatoms. The monoisotopic (exact) mass is 419 g/mol. The number of ether oxygens (including phenoxy) is 1. The van der Waals surface area contributed by atoms with Crippen LogP contribution in [0.25, 0.3) is 0 Å². The van der Waals surface area contributed by atoms with E-state index in [9.17, 15) is 19.7 Å². The SMILES string of the molecule is C[C@@](C(=O)OCc1ccc(CO[N+](=O)[O-])cc1)(C(=O)c1ccccc1)c1ccccc1. The van der Waals surface area contributed by atoms with Crippen LogP contribution < -0.4 is 0 Å². The smallest absolute Gasteiger partial charge is 0.324 e. The number of carbonyl (C=O) groups excluding carboxylic acids is 2. The van der Waals surface area contributed by atoms with Gasteiger partial charge in [0.25, 0.3) is 5.09 Å². The van der Waals surface area contributed by atoms with Crippen molar-refractivity contribution in [3.63, 3.8) is 0 Å². The Bertz CT molecular complexity index is 1050. The van der Waals surface area contributed by atoms with Gasteiger partial charge in [-0.15, -0.1) is 10.1 Å². The highest BCUT2D eigenvalue weighted by molar-refractivity contribution is 6.16. The average Bonchev–Trinajstić information content (AvgIpc) is 2.82. The van der Waals surface area contributed by atoms with E-state index in [1.165, 1.54) is 0 Å². The van der Waals surface area contributed by atoms with Gasteiger partial charge in [-0.3, -0.25) is 9.59 Å². The van der Waals surface area contributed by atoms with E-state index in [2.05, 4.69) is 4.84 Å². The highest BCUT2D eigenvalue weighted by Crippen LogP contribution is 2.30. The Morgan fingerprint density at radius 1 is 0.839 bits per heavy atom. The molecule has 3 aromatic rings. The molecule has 0 aliphatic heterocycles. The topological polar surface area (TPSA) is 95.7 Å². The van der Waals surface area contributed by atoms with Gasteiger partial charge in [-0.25, -0.2) is 0 Å². The van der Waals surface area contributed by atoms with E-state index in [1.807, 2.05) is 6.07 Å². The molecule has 0 saturated carbocycles. The number of hydrogen-bond donors (Lipinski definition) is 0. The van der Waals surface area contributed by atoms with Gasteiger partial charge in [-0.05, 0) is 23.6 Å². The molecule has 0 aliphatic carbocycles. The molecule has 0 bridgehead atoms. The van der Waals surface area contributed by atoms with E-state index in [0.29, 0.717) is 22.3 Å². The lowest BCUT2D eigenvalue weighted by molar-refractivity contribution is -0.763. The molecule has 0 aromatic heterocycles. The molecule has 0 fully saturated rings. The molecule has 31 heavy (non-hydrogen) atoms. The predicted molar refractivity (Wildman–Crippen MR) is 113 cm³/mol. The zero-order valence-corrected chi connectivity index (χ0v) is 16.9. The van der Waals surface area contributed by atoms with Crippen LogP contribution in [0.4, 0.5) is 0 Å². The first-order valence-corrected chi connectivity index (χ1v) is 9.59. The molecular weight excluding hydrogens is 398 g/mol. The summed E-state index contributed by atoms with van der Waals surface area (Å²) in [6, 6.07) is 24.1. The second-order valence-electron chi connectivity index (χ2n) is 7.08. The van der Waals surface area contributed by atoms with Crippen LogP contribution in [0.1, 0.15) is 34.0 Å². The number of Topliss-reactive ketones (excluding diaryl/α,β-unsaturated/α-hetero) is 1. The molecule has 158 valence electrons. The molecule has 3 aromatic carbocycles. The number of ketones is 1. The van der Waals surface area contributed by atoms with Gasteiger partial charge >= 0.3 is 5.97 Å². The minimum absolute atomic E-state index is 0.0420. The summed E-state index contributed by atoms with van der Waals surface area (Å²) >= 11 is 0. The van der Waals surface area contributed by atoms with Crippen LogP contribution in [0.2, 0.25) is 0 Å². The first-order chi connectivity index (χ1) is 14.9. The average molecular weight is 419 g/mol. The van der Waals surface area contributed by atoms with Crippen LogP contribution in [0.5, 0.6) is 0 Å². The Balaban J connectivity index is 1.78. The Morgan fingerprint density at radius 2 is 1.35 bits per heavy atom. The Kier molecular flexibility index (Phi) is 6.77. The summed E-state index contributed by atoms with van der Waals surface area (Å²) in [6.45, 7) is 1.36. The number of rotatable bonds is 9. The van der Waals surface area contributed by atoms with Gasteiger partial charge in [0.1, 0.15) is 13.2 Å². The zero-order valence-electron chi connectivity index (χ0n) is 16.9. The summed E-state index contributed by atoms with van der Waals surface area (Å²) in [7, 11) is 0. The first-order valence-electron chi connectivity index (χ1n) is 9.59. The molecular formula is C24H21NO6. The Labute approximate surface area is 179 Å². The second kappa shape index (κ2) is 9.67. The van der Waals surface area contributed by atoms with Crippen molar-refractivity contribution in [2.24, 2.45) is 0 Å². The summed E-state index contributed by atoms with van der Waals surface area (Å²) in [5.41, 5.74) is 0.741. The zero-order chi connectivity index (χ0) is 22.3. The Morgan fingerprint density at radius 3 is 1.90 bits per heavy atom. The van der Waals surface area contributed by atoms with Gasteiger partial charge in [0.05, 0.1) is 0 Å². The fourth-order valence-corrected chi connectivity index (χ4v) is 3.14. The number of nitrogens with zero attached hydrogens (tertiary/aromatic N) is 1. The summed E-state index contributed by atoms with van der Waals surface area (Å²) < 4.78 is 5.53. The summed E-state index contributed by atoms with van der Waals surface area (Å²) in [4.78, 5) is 41.1. The van der Waals surface area contributed by atoms with Crippen molar-refractivity contribution in [1.29, 1.82) is 0 Å². The third-order valence-electron chi connectivity index (χ3n) is 4.98. The maximum absolute atomic E-state index is 13.3. The molecule has 0 saturated heterocycles. The molecule has 0 aliphatic rings. The standard InChI is InChI=1S/C24H21NO6/c1-24(21-10-6-3-7-11-21,22(26)20-8-4-2-5-9-20)23(27)30-16-18-12-14-19(15-13-18)17-31-25(28)29/h2-15H,16-17H2,1H3/t24-/m0/s1. The lowest BCUT2D eigenvalue weighted by Gasteiger charge is -2.26. The highest BCUT2D eigenvalue weighted by atomic mass is 16.9. The number of benzene rings is 3. The van der Waals surface area contributed by atoms with Gasteiger partial charge in [-0.2, -0.15) is 0 Å². The molecule has 0 spiro atoms. The maximum Gasteiger partial charge on any atom is 0.324 e. The van der Waals surface area contributed by atoms with Crippen LogP contribution in [0.15, 0.2) is 84.9 Å². The molecule has 1 atom stereocenters. The minimum atomic E-state index is -1.51. The number of carbonyl (C=O) groups is 2. The van der Waals surface area contributed by atoms with Crippen molar-refractivity contribution >= 4 is 11.8 Å². The van der Waals surface area contributed by atoms with E-state index in [4.69, 9.17) is 4.74 Å². The van der Waals surface area contributed by atoms with Crippen LogP contribution in [-0.2, 0) is 33.0 Å². The fraction of sp³-hybridized carbons (Fsp3) is 0.167. The lowest BCUT2D eigenvalue weighted by atomic mass is 9.76. The molecule has 7 nitrogen and oxygen atoms in total. The molecule has 0 heterocycles. The van der Waals surface area contributed by atoms with E-state index in [0.717, 1.165) is 0 Å². The molecule has 3 rings (SSSR count). The van der Waals surface area contributed by atoms with Crippen molar-refractivity contribution in [1.82, 2.24) is 0 Å². The normalized spacial score (nSPS) is 12.4. The lowest BCUT2D eigenvalue weighted by Crippen LogP contribution is -2.42. The highest BCUT2D eigenvalue weighted by Gasteiger charge is 2.44. The second-order valence-corrected chi connectivity index (χ2v) is 7.08. The third kappa shape index (κ3) is 5.14. The fourth-order valence-electron chi connectivity index (χ4n) is 3.14. The van der Waals surface area contributed by atoms with Crippen molar-refractivity contribution in [2.45, 2.75) is 25.6 Å².